The summed E-state index contributed by atoms with van der Waals surface area (Å²) < 4.78 is 0. The van der Waals surface area contributed by atoms with E-state index in [1.165, 1.54) is 0 Å². The predicted octanol–water partition coefficient (Wildman–Crippen LogP) is 1.85. The van der Waals surface area contributed by atoms with Crippen molar-refractivity contribution in [2.75, 3.05) is 0 Å². The van der Waals surface area contributed by atoms with Crippen molar-refractivity contribution in [2.45, 2.75) is 6.92 Å². The fourth-order valence-corrected chi connectivity index (χ4v) is 1.09. The Labute approximate surface area is 76.5 Å². The Kier molecular flexibility index (Phi) is 2.00. The van der Waals surface area contributed by atoms with Gasteiger partial charge in [-0.15, -0.1) is 0 Å². The van der Waals surface area contributed by atoms with Crippen LogP contribution >= 0.6 is 0 Å². The van der Waals surface area contributed by atoms with Gasteiger partial charge in [0, 0.05) is 30.4 Å². The van der Waals surface area contributed by atoms with E-state index in [2.05, 4.69) is 15.0 Å². The number of rotatable bonds is 1. The lowest BCUT2D eigenvalue weighted by Crippen LogP contribution is -1.87. The second-order valence-corrected chi connectivity index (χ2v) is 2.75. The molecule has 0 radical (unpaired) electrons. The second-order valence-electron chi connectivity index (χ2n) is 2.75. The molecule has 2 rings (SSSR count). The minimum absolute atomic E-state index is 0.790. The molecular weight excluding hydrogens is 162 g/mol. The lowest BCUT2D eigenvalue weighted by Gasteiger charge is -1.98. The number of hydrogen-bond donors (Lipinski definition) is 0. The molecule has 0 unspecified atom stereocenters. The Morgan fingerprint density at radius 1 is 0.923 bits per heavy atom. The summed E-state index contributed by atoms with van der Waals surface area (Å²) in [5.74, 6) is 0.790. The van der Waals surface area contributed by atoms with Gasteiger partial charge in [-0.2, -0.15) is 0 Å². The Morgan fingerprint density at radius 2 is 1.54 bits per heavy atom. The number of aryl methyl sites for hydroxylation is 1. The zero-order chi connectivity index (χ0) is 9.10. The van der Waals surface area contributed by atoms with Crippen LogP contribution < -0.4 is 0 Å². The first-order chi connectivity index (χ1) is 6.36. The molecule has 0 atom stereocenters. The maximum Gasteiger partial charge on any atom is 0.125 e. The molecule has 0 saturated carbocycles. The van der Waals surface area contributed by atoms with E-state index in [1.54, 1.807) is 12.4 Å². The highest BCUT2D eigenvalue weighted by Gasteiger charge is 1.96. The Hall–Kier alpha value is -1.77. The van der Waals surface area contributed by atoms with E-state index in [4.69, 9.17) is 0 Å². The smallest absolute Gasteiger partial charge is 0.125 e. The molecule has 0 bridgehead atoms. The van der Waals surface area contributed by atoms with Gasteiger partial charge in [-0.1, -0.05) is 0 Å². The van der Waals surface area contributed by atoms with Gasteiger partial charge in [0.2, 0.25) is 0 Å². The van der Waals surface area contributed by atoms with Crippen LogP contribution in [0.2, 0.25) is 0 Å². The van der Waals surface area contributed by atoms with Crippen molar-refractivity contribution in [3.8, 4) is 11.1 Å². The molecule has 3 nitrogen and oxygen atoms in total. The van der Waals surface area contributed by atoms with Crippen molar-refractivity contribution in [1.82, 2.24) is 15.0 Å². The van der Waals surface area contributed by atoms with E-state index in [9.17, 15) is 0 Å². The van der Waals surface area contributed by atoms with E-state index in [-0.39, 0.29) is 0 Å². The summed E-state index contributed by atoms with van der Waals surface area (Å²) in [5.41, 5.74) is 2.11. The van der Waals surface area contributed by atoms with E-state index >= 15 is 0 Å². The average Bonchev–Trinajstić information content (AvgIpc) is 2.20. The molecule has 2 heterocycles. The highest BCUT2D eigenvalue weighted by molar-refractivity contribution is 5.60. The molecule has 0 spiro atoms. The molecule has 13 heavy (non-hydrogen) atoms. The van der Waals surface area contributed by atoms with Crippen LogP contribution in [0.1, 0.15) is 5.82 Å². The lowest BCUT2D eigenvalue weighted by molar-refractivity contribution is 1.05. The monoisotopic (exact) mass is 171 g/mol. The molecular formula is C10H9N3. The number of hydrogen-bond acceptors (Lipinski definition) is 3. The third-order valence-electron chi connectivity index (χ3n) is 1.79. The van der Waals surface area contributed by atoms with Gasteiger partial charge in [0.25, 0.3) is 0 Å². The molecule has 64 valence electrons. The normalized spacial score (nSPS) is 9.92. The van der Waals surface area contributed by atoms with Gasteiger partial charge in [-0.25, -0.2) is 9.97 Å². The summed E-state index contributed by atoms with van der Waals surface area (Å²) >= 11 is 0. The quantitative estimate of drug-likeness (QED) is 0.657. The Balaban J connectivity index is 2.42. The summed E-state index contributed by atoms with van der Waals surface area (Å²) in [6, 6.07) is 3.88. The van der Waals surface area contributed by atoms with E-state index < -0.39 is 0 Å². The first kappa shape index (κ1) is 7.86. The first-order valence-electron chi connectivity index (χ1n) is 4.05. The standard InChI is InChI=1S/C10H9N3/c1-8-12-6-10(7-13-8)9-2-4-11-5-3-9/h2-7H,1H3. The van der Waals surface area contributed by atoms with Crippen LogP contribution in [0.25, 0.3) is 11.1 Å². The largest absolute Gasteiger partial charge is 0.265 e. The first-order valence-corrected chi connectivity index (χ1v) is 4.05. The van der Waals surface area contributed by atoms with Crippen molar-refractivity contribution >= 4 is 0 Å². The van der Waals surface area contributed by atoms with Crippen LogP contribution in [-0.2, 0) is 0 Å². The third kappa shape index (κ3) is 1.69. The highest BCUT2D eigenvalue weighted by atomic mass is 14.8. The number of pyridine rings is 1. The van der Waals surface area contributed by atoms with Gasteiger partial charge in [-0.05, 0) is 24.6 Å². The molecule has 3 heteroatoms. The molecule has 0 aliphatic heterocycles. The summed E-state index contributed by atoms with van der Waals surface area (Å²) in [4.78, 5) is 12.2. The van der Waals surface area contributed by atoms with Crippen LogP contribution in [0.4, 0.5) is 0 Å². The zero-order valence-electron chi connectivity index (χ0n) is 7.31. The van der Waals surface area contributed by atoms with Crippen LogP contribution in [-0.4, -0.2) is 15.0 Å². The molecule has 0 saturated heterocycles. The number of nitrogens with zero attached hydrogens (tertiary/aromatic N) is 3. The average molecular weight is 171 g/mol. The van der Waals surface area contributed by atoms with Gasteiger partial charge in [-0.3, -0.25) is 4.98 Å². The van der Waals surface area contributed by atoms with Crippen LogP contribution in [0.3, 0.4) is 0 Å². The minimum atomic E-state index is 0.790. The molecule has 0 aliphatic rings. The molecule has 0 aliphatic carbocycles. The topological polar surface area (TPSA) is 38.7 Å². The van der Waals surface area contributed by atoms with Crippen molar-refractivity contribution in [1.29, 1.82) is 0 Å². The van der Waals surface area contributed by atoms with E-state index in [0.29, 0.717) is 0 Å². The molecule has 0 aromatic carbocycles. The summed E-state index contributed by atoms with van der Waals surface area (Å²) in [6.07, 6.45) is 7.15. The zero-order valence-corrected chi connectivity index (χ0v) is 7.31. The van der Waals surface area contributed by atoms with Gasteiger partial charge in [0.15, 0.2) is 0 Å². The molecule has 0 N–H and O–H groups in total. The van der Waals surface area contributed by atoms with Crippen molar-refractivity contribution < 1.29 is 0 Å². The van der Waals surface area contributed by atoms with Crippen LogP contribution in [0.5, 0.6) is 0 Å². The molecule has 2 aromatic heterocycles. The highest BCUT2D eigenvalue weighted by Crippen LogP contribution is 2.14. The van der Waals surface area contributed by atoms with Crippen LogP contribution in [0, 0.1) is 6.92 Å². The fraction of sp³-hybridized carbons (Fsp3) is 0.100. The SMILES string of the molecule is Cc1ncc(-c2ccncc2)cn1. The second kappa shape index (κ2) is 3.31. The maximum absolute atomic E-state index is 4.12. The van der Waals surface area contributed by atoms with E-state index in [0.717, 1.165) is 17.0 Å². The summed E-state index contributed by atoms with van der Waals surface area (Å²) in [5, 5.41) is 0. The molecule has 0 fully saturated rings. The third-order valence-corrected chi connectivity index (χ3v) is 1.79. The fourth-order valence-electron chi connectivity index (χ4n) is 1.09. The van der Waals surface area contributed by atoms with Gasteiger partial charge < -0.3 is 0 Å². The summed E-state index contributed by atoms with van der Waals surface area (Å²) in [6.45, 7) is 1.87. The van der Waals surface area contributed by atoms with Crippen LogP contribution in [0.15, 0.2) is 36.9 Å². The minimum Gasteiger partial charge on any atom is -0.265 e. The number of aromatic nitrogens is 3. The maximum atomic E-state index is 4.12. The molecule has 0 amide bonds. The predicted molar refractivity (Wildman–Crippen MR) is 50.0 cm³/mol. The van der Waals surface area contributed by atoms with Gasteiger partial charge >= 0.3 is 0 Å². The molecule has 2 aromatic rings. The van der Waals surface area contributed by atoms with Crippen molar-refractivity contribution in [3.05, 3.63) is 42.7 Å². The Bertz CT molecular complexity index is 381. The lowest BCUT2D eigenvalue weighted by atomic mass is 10.1. The van der Waals surface area contributed by atoms with Crippen molar-refractivity contribution in [2.24, 2.45) is 0 Å². The van der Waals surface area contributed by atoms with E-state index in [1.807, 2.05) is 31.5 Å². The van der Waals surface area contributed by atoms with Crippen molar-refractivity contribution in [3.63, 3.8) is 0 Å². The summed E-state index contributed by atoms with van der Waals surface area (Å²) in [7, 11) is 0. The van der Waals surface area contributed by atoms with Gasteiger partial charge in [0.05, 0.1) is 0 Å². The Morgan fingerprint density at radius 3 is 2.15 bits per heavy atom. The van der Waals surface area contributed by atoms with Gasteiger partial charge in [0.1, 0.15) is 5.82 Å².